The van der Waals surface area contributed by atoms with Crippen LogP contribution in [-0.2, 0) is 0 Å². The molecule has 0 aromatic carbocycles. The van der Waals surface area contributed by atoms with E-state index < -0.39 is 0 Å². The number of nitrogens with zero attached hydrogens (tertiary/aromatic N) is 3. The summed E-state index contributed by atoms with van der Waals surface area (Å²) >= 11 is 0. The Hall–Kier alpha value is -0.160. The van der Waals surface area contributed by atoms with Gasteiger partial charge in [0.25, 0.3) is 0 Å². The van der Waals surface area contributed by atoms with Crippen molar-refractivity contribution < 1.29 is 0 Å². The van der Waals surface area contributed by atoms with E-state index in [1.54, 1.807) is 0 Å². The normalized spacial score (nSPS) is 18.3. The molecule has 2 saturated heterocycles. The van der Waals surface area contributed by atoms with Gasteiger partial charge in [0.05, 0.1) is 0 Å². The van der Waals surface area contributed by atoms with Crippen LogP contribution in [0.5, 0.6) is 0 Å². The highest BCUT2D eigenvalue weighted by Crippen LogP contribution is 2.14. The van der Waals surface area contributed by atoms with Crippen molar-refractivity contribution >= 4 is 0 Å². The number of nitrogens with one attached hydrogen (secondary N) is 1. The third-order valence-corrected chi connectivity index (χ3v) is 4.52. The minimum atomic E-state index is 0. The molecule has 0 aromatic heterocycles. The van der Waals surface area contributed by atoms with E-state index >= 15 is 0 Å². The zero-order valence-electron chi connectivity index (χ0n) is 21.5. The zero-order chi connectivity index (χ0) is 22.1. The minimum absolute atomic E-state index is 0. The fourth-order valence-electron chi connectivity index (χ4n) is 2.81. The molecule has 2 aliphatic rings. The van der Waals surface area contributed by atoms with Crippen LogP contribution >= 0.6 is 0 Å². The van der Waals surface area contributed by atoms with Crippen molar-refractivity contribution in [3.8, 4) is 0 Å². The van der Waals surface area contributed by atoms with Gasteiger partial charge in [0.15, 0.2) is 0 Å². The van der Waals surface area contributed by atoms with E-state index in [2.05, 4.69) is 68.6 Å². The summed E-state index contributed by atoms with van der Waals surface area (Å²) in [6, 6.07) is 0. The van der Waals surface area contributed by atoms with Crippen molar-refractivity contribution in [1.82, 2.24) is 20.0 Å². The molecule has 2 aliphatic heterocycles. The summed E-state index contributed by atoms with van der Waals surface area (Å²) in [5.41, 5.74) is 0.726. The highest BCUT2D eigenvalue weighted by atomic mass is 15.3. The van der Waals surface area contributed by atoms with Gasteiger partial charge in [-0.05, 0) is 48.6 Å². The summed E-state index contributed by atoms with van der Waals surface area (Å²) in [6.45, 7) is 35.3. The lowest BCUT2D eigenvalue weighted by atomic mass is 10.1. The first-order chi connectivity index (χ1) is 12.6. The largest absolute Gasteiger partial charge is 0.314 e. The fraction of sp³-hybridized carbons (Fsp3) is 1.00. The molecule has 0 saturated carbocycles. The first-order valence-electron chi connectivity index (χ1n) is 11.5. The van der Waals surface area contributed by atoms with Gasteiger partial charge in [0, 0.05) is 63.4 Å². The number of rotatable bonds is 0. The van der Waals surface area contributed by atoms with Crippen LogP contribution in [0.1, 0.15) is 90.5 Å². The van der Waals surface area contributed by atoms with Gasteiger partial charge in [-0.15, -0.1) is 0 Å². The quantitative estimate of drug-likeness (QED) is 0.580. The lowest BCUT2D eigenvalue weighted by Gasteiger charge is -2.41. The summed E-state index contributed by atoms with van der Waals surface area (Å²) < 4.78 is 0. The number of piperazine rings is 2. The van der Waals surface area contributed by atoms with E-state index in [9.17, 15) is 0 Å². The molecule has 2 rings (SSSR count). The number of likely N-dealkylation sites (N-methyl/N-ethyl adjacent to an activating group) is 1. The van der Waals surface area contributed by atoms with Gasteiger partial charge in [0.1, 0.15) is 0 Å². The maximum absolute atomic E-state index is 3.35. The Labute approximate surface area is 181 Å². The Kier molecular flexibility index (Phi) is 25.4. The Morgan fingerprint density at radius 2 is 0.821 bits per heavy atom. The van der Waals surface area contributed by atoms with Crippen LogP contribution in [0.15, 0.2) is 0 Å². The topological polar surface area (TPSA) is 21.8 Å². The van der Waals surface area contributed by atoms with Gasteiger partial charge < -0.3 is 10.2 Å². The summed E-state index contributed by atoms with van der Waals surface area (Å²) in [4.78, 5) is 7.46. The second-order valence-electron chi connectivity index (χ2n) is 8.37. The summed E-state index contributed by atoms with van der Waals surface area (Å²) in [6.07, 6.45) is 0. The monoisotopic (exact) mass is 404 g/mol. The van der Waals surface area contributed by atoms with Gasteiger partial charge in [-0.3, -0.25) is 9.80 Å². The van der Waals surface area contributed by atoms with E-state index in [1.165, 1.54) is 39.3 Å². The maximum atomic E-state index is 3.35. The van der Waals surface area contributed by atoms with Crippen LogP contribution in [0.2, 0.25) is 0 Å². The molecule has 0 amide bonds. The van der Waals surface area contributed by atoms with Gasteiger partial charge in [-0.2, -0.15) is 0 Å². The molecule has 4 nitrogen and oxygen atoms in total. The Balaban J connectivity index is -0.000000158. The molecule has 4 heteroatoms. The van der Waals surface area contributed by atoms with E-state index in [-0.39, 0.29) is 7.43 Å². The molecule has 2 heterocycles. The molecular formula is C24H60N4. The highest BCUT2D eigenvalue weighted by Gasteiger charge is 2.24. The molecule has 0 bridgehead atoms. The molecule has 1 N–H and O–H groups in total. The molecule has 28 heavy (non-hydrogen) atoms. The van der Waals surface area contributed by atoms with Crippen LogP contribution in [0.3, 0.4) is 0 Å². The third kappa shape index (κ3) is 17.9. The minimum Gasteiger partial charge on any atom is -0.314 e. The van der Waals surface area contributed by atoms with Crippen LogP contribution in [-0.4, -0.2) is 85.2 Å². The molecule has 2 fully saturated rings. The van der Waals surface area contributed by atoms with Crippen molar-refractivity contribution in [2.45, 2.75) is 102 Å². The van der Waals surface area contributed by atoms with Crippen molar-refractivity contribution in [1.29, 1.82) is 0 Å². The molecule has 0 aromatic rings. The molecular weight excluding hydrogens is 344 g/mol. The molecule has 0 unspecified atom stereocenters. The van der Waals surface area contributed by atoms with Gasteiger partial charge in [0.2, 0.25) is 0 Å². The molecule has 0 aliphatic carbocycles. The number of hydrogen-bond acceptors (Lipinski definition) is 4. The van der Waals surface area contributed by atoms with Gasteiger partial charge in [-0.1, -0.05) is 49.0 Å². The second kappa shape index (κ2) is 20.1. The summed E-state index contributed by atoms with van der Waals surface area (Å²) in [7, 11) is 2.19. The lowest BCUT2D eigenvalue weighted by Crippen LogP contribution is -2.52. The van der Waals surface area contributed by atoms with E-state index in [0.717, 1.165) is 13.1 Å². The first-order valence-corrected chi connectivity index (χ1v) is 11.5. The van der Waals surface area contributed by atoms with E-state index in [4.69, 9.17) is 0 Å². The zero-order valence-corrected chi connectivity index (χ0v) is 21.5. The predicted octanol–water partition coefficient (Wildman–Crippen LogP) is 5.44. The van der Waals surface area contributed by atoms with Crippen LogP contribution in [0.25, 0.3) is 0 Å². The Morgan fingerprint density at radius 1 is 0.536 bits per heavy atom. The smallest absolute Gasteiger partial charge is 0.0126 e. The van der Waals surface area contributed by atoms with Gasteiger partial charge >= 0.3 is 0 Å². The van der Waals surface area contributed by atoms with Crippen molar-refractivity contribution in [3.05, 3.63) is 0 Å². The van der Waals surface area contributed by atoms with Crippen LogP contribution in [0.4, 0.5) is 0 Å². The number of hydrogen-bond donors (Lipinski definition) is 1. The average molecular weight is 405 g/mol. The van der Waals surface area contributed by atoms with Crippen LogP contribution in [0, 0.1) is 0 Å². The Morgan fingerprint density at radius 3 is 1.07 bits per heavy atom. The molecule has 0 atom stereocenters. The van der Waals surface area contributed by atoms with E-state index in [0.29, 0.717) is 11.1 Å². The standard InChI is InChI=1S/C9H20N2.C8H18N2.3C2H6.CH4/c1-9(2,3)11-7-5-10(4)6-8-11;1-8(2,3)10-6-4-9-5-7-10;3*1-2;/h5-8H2,1-4H3;9H,4-7H2,1-3H3;3*1-2H3;1H4. The summed E-state index contributed by atoms with van der Waals surface area (Å²) in [5.74, 6) is 0. The van der Waals surface area contributed by atoms with Crippen LogP contribution < -0.4 is 5.32 Å². The molecule has 176 valence electrons. The molecule has 0 radical (unpaired) electrons. The van der Waals surface area contributed by atoms with Crippen molar-refractivity contribution in [2.24, 2.45) is 0 Å². The van der Waals surface area contributed by atoms with E-state index in [1.807, 2.05) is 41.5 Å². The predicted molar refractivity (Wildman–Crippen MR) is 134 cm³/mol. The van der Waals surface area contributed by atoms with Crippen molar-refractivity contribution in [2.75, 3.05) is 59.4 Å². The van der Waals surface area contributed by atoms with Gasteiger partial charge in [-0.25, -0.2) is 0 Å². The average Bonchev–Trinajstić information content (AvgIpc) is 2.67. The van der Waals surface area contributed by atoms with Crippen molar-refractivity contribution in [3.63, 3.8) is 0 Å². The first kappa shape index (κ1) is 35.3. The third-order valence-electron chi connectivity index (χ3n) is 4.52. The Bertz CT molecular complexity index is 278. The molecule has 0 spiro atoms. The maximum Gasteiger partial charge on any atom is 0.0126 e. The highest BCUT2D eigenvalue weighted by molar-refractivity contribution is 4.81. The lowest BCUT2D eigenvalue weighted by molar-refractivity contribution is 0.0735. The summed E-state index contributed by atoms with van der Waals surface area (Å²) in [5, 5.41) is 3.35. The second-order valence-corrected chi connectivity index (χ2v) is 8.37. The fourth-order valence-corrected chi connectivity index (χ4v) is 2.81. The SMILES string of the molecule is C.CC.CC.CC.CC(C)(C)N1CCNCC1.CN1CCN(C(C)(C)C)CC1.